The van der Waals surface area contributed by atoms with E-state index in [0.717, 1.165) is 0 Å². The topological polar surface area (TPSA) is 212 Å². The number of ketones is 1. The van der Waals surface area contributed by atoms with Gasteiger partial charge < -0.3 is 64.0 Å². The Hall–Kier alpha value is -1.34. The summed E-state index contributed by atoms with van der Waals surface area (Å²) in [4.78, 5) is 27.9. The zero-order chi connectivity index (χ0) is 38.4. The average molecular weight is 734 g/mol. The van der Waals surface area contributed by atoms with Crippen molar-refractivity contribution < 1.29 is 68.3 Å². The summed E-state index contributed by atoms with van der Waals surface area (Å²) in [5.41, 5.74) is -5.17. The molecule has 4 fully saturated rings. The first-order chi connectivity index (χ1) is 23.5. The summed E-state index contributed by atoms with van der Waals surface area (Å²) in [6.45, 7) is 14.1. The zero-order valence-corrected chi connectivity index (χ0v) is 32.0. The number of hydrogen-bond donors (Lipinski definition) is 6. The molecule has 4 aliphatic rings. The van der Waals surface area contributed by atoms with Crippen LogP contribution in [0.2, 0.25) is 0 Å². The number of carbonyl (C=O) groups excluding carboxylic acids is 2. The standard InChI is InChI=1S/C36H63NO14/c1-17-15-33(7,43)30(49-32-26(39)23(37-10)14-18(2)47-32)20(4)27-21(5)31(42)48-24(35(9,44)28(40)19(3)25(17)38)12-13-46-36(51-27)16-34(8,45-11)29(41)22(6)50-36/h17-24,26-30,32,37,39-41,43-44H,12-16H2,1-11H3/t17-,18-,19+,20+,21-,22+,23+,24-,26-,27+,28-,29+,30?,32+,33-,34-,35-,36-/m1/s1. The molecule has 1 spiro atoms. The molecule has 0 aromatic carbocycles. The van der Waals surface area contributed by atoms with Crippen molar-refractivity contribution in [2.24, 2.45) is 23.7 Å². The van der Waals surface area contributed by atoms with Gasteiger partial charge in [0.2, 0.25) is 0 Å². The number of aliphatic hydroxyl groups excluding tert-OH is 3. The number of rotatable bonds is 4. The largest absolute Gasteiger partial charge is 0.459 e. The fourth-order valence-corrected chi connectivity index (χ4v) is 8.59. The lowest BCUT2D eigenvalue weighted by atomic mass is 9.74. The number of methoxy groups -OCH3 is 1. The summed E-state index contributed by atoms with van der Waals surface area (Å²) >= 11 is 0. The second-order valence-corrected chi connectivity index (χ2v) is 16.3. The normalized spacial score (nSPS) is 52.4. The van der Waals surface area contributed by atoms with Crippen LogP contribution in [0, 0.1) is 23.7 Å². The summed E-state index contributed by atoms with van der Waals surface area (Å²) in [5.74, 6) is -7.16. The number of likely N-dealkylation sites (N-methyl/N-ethyl adjacent to an activating group) is 1. The maximum atomic E-state index is 14.1. The second kappa shape index (κ2) is 15.8. The van der Waals surface area contributed by atoms with Crippen LogP contribution in [0.4, 0.5) is 0 Å². The van der Waals surface area contributed by atoms with Crippen molar-refractivity contribution in [2.75, 3.05) is 20.8 Å². The predicted octanol–water partition coefficient (Wildman–Crippen LogP) is 0.781. The highest BCUT2D eigenvalue weighted by Crippen LogP contribution is 2.45. The molecule has 1 unspecified atom stereocenters. The highest BCUT2D eigenvalue weighted by Gasteiger charge is 2.59. The van der Waals surface area contributed by atoms with Crippen LogP contribution < -0.4 is 5.32 Å². The minimum Gasteiger partial charge on any atom is -0.459 e. The lowest BCUT2D eigenvalue weighted by Crippen LogP contribution is -2.65. The monoisotopic (exact) mass is 733 g/mol. The lowest BCUT2D eigenvalue weighted by molar-refractivity contribution is -0.455. The summed E-state index contributed by atoms with van der Waals surface area (Å²) in [5, 5.41) is 61.2. The second-order valence-electron chi connectivity index (χ2n) is 16.3. The Morgan fingerprint density at radius 2 is 1.57 bits per heavy atom. The highest BCUT2D eigenvalue weighted by atomic mass is 16.9. The Balaban J connectivity index is 1.92. The van der Waals surface area contributed by atoms with Gasteiger partial charge in [0.15, 0.2) is 6.29 Å². The Labute approximate surface area is 301 Å². The molecule has 15 nitrogen and oxygen atoms in total. The van der Waals surface area contributed by atoms with Crippen molar-refractivity contribution in [3.8, 4) is 0 Å². The molecule has 4 aliphatic heterocycles. The SMILES string of the molecule is CN[C@H]1C[C@@H](C)O[C@@H](OC2[C@@H](C)[C@@H]3O[C@]4(C[C@@](C)(OC)[C@@H](O)[C@H](C)O4)OCC[C@@H](OC(=O)[C@@H]3C)[C@@](C)(O)[C@H](O)[C@@H](C)C(=O)[C@H](C)C[C@@]2(C)O)[C@@H]1O. The van der Waals surface area contributed by atoms with Gasteiger partial charge in [0.25, 0.3) is 5.97 Å². The Kier molecular flexibility index (Phi) is 13.1. The van der Waals surface area contributed by atoms with Crippen LogP contribution in [-0.2, 0) is 42.7 Å². The zero-order valence-electron chi connectivity index (χ0n) is 32.0. The van der Waals surface area contributed by atoms with Gasteiger partial charge in [-0.1, -0.05) is 20.8 Å². The van der Waals surface area contributed by atoms with Crippen molar-refractivity contribution in [2.45, 2.75) is 172 Å². The smallest absolute Gasteiger partial charge is 0.311 e. The fourth-order valence-electron chi connectivity index (χ4n) is 8.59. The molecular formula is C36H63NO14. The fraction of sp³-hybridized carbons (Fsp3) is 0.944. The predicted molar refractivity (Wildman–Crippen MR) is 181 cm³/mol. The highest BCUT2D eigenvalue weighted by molar-refractivity contribution is 5.83. The maximum absolute atomic E-state index is 14.1. The third kappa shape index (κ3) is 8.50. The minimum atomic E-state index is -2.10. The number of fused-ring (bicyclic) bond motifs is 4. The third-order valence-corrected chi connectivity index (χ3v) is 11.9. The van der Waals surface area contributed by atoms with E-state index in [1.165, 1.54) is 27.9 Å². The molecule has 18 atom stereocenters. The molecule has 0 aromatic rings. The van der Waals surface area contributed by atoms with Gasteiger partial charge in [-0.2, -0.15) is 0 Å². The average Bonchev–Trinajstić information content (AvgIpc) is 3.06. The lowest BCUT2D eigenvalue weighted by Gasteiger charge is -2.53. The van der Waals surface area contributed by atoms with Crippen LogP contribution in [0.25, 0.3) is 0 Å². The number of hydrogen-bond acceptors (Lipinski definition) is 15. The quantitative estimate of drug-likeness (QED) is 0.221. The molecule has 0 saturated carbocycles. The van der Waals surface area contributed by atoms with Crippen LogP contribution in [0.5, 0.6) is 0 Å². The van der Waals surface area contributed by atoms with E-state index in [-0.39, 0.29) is 32.0 Å². The summed E-state index contributed by atoms with van der Waals surface area (Å²) in [6, 6.07) is -0.393. The van der Waals surface area contributed by atoms with Crippen molar-refractivity contribution in [1.29, 1.82) is 0 Å². The van der Waals surface area contributed by atoms with Gasteiger partial charge in [-0.15, -0.1) is 0 Å². The van der Waals surface area contributed by atoms with Gasteiger partial charge in [-0.3, -0.25) is 9.59 Å². The first-order valence-corrected chi connectivity index (χ1v) is 18.3. The summed E-state index contributed by atoms with van der Waals surface area (Å²) in [6.07, 6.45) is -10.0. The molecule has 296 valence electrons. The van der Waals surface area contributed by atoms with E-state index in [1.807, 2.05) is 6.92 Å². The Morgan fingerprint density at radius 1 is 0.922 bits per heavy atom. The van der Waals surface area contributed by atoms with Crippen LogP contribution >= 0.6 is 0 Å². The minimum absolute atomic E-state index is 0.115. The molecule has 4 rings (SSSR count). The van der Waals surface area contributed by atoms with Crippen molar-refractivity contribution in [1.82, 2.24) is 5.32 Å². The van der Waals surface area contributed by atoms with E-state index < -0.39 is 113 Å². The maximum Gasteiger partial charge on any atom is 0.311 e. The van der Waals surface area contributed by atoms with Gasteiger partial charge in [0.1, 0.15) is 35.3 Å². The number of carbonyl (C=O) groups is 2. The van der Waals surface area contributed by atoms with E-state index in [9.17, 15) is 35.1 Å². The number of esters is 1. The van der Waals surface area contributed by atoms with Gasteiger partial charge in [-0.05, 0) is 61.4 Å². The van der Waals surface area contributed by atoms with Crippen LogP contribution in [-0.4, -0.2) is 142 Å². The van der Waals surface area contributed by atoms with E-state index in [4.69, 9.17) is 33.2 Å². The Morgan fingerprint density at radius 3 is 2.18 bits per heavy atom. The third-order valence-electron chi connectivity index (χ3n) is 11.9. The number of Topliss-reactive ketones (excluding diaryl/α,β-unsaturated/α-hetero) is 1. The molecule has 4 saturated heterocycles. The van der Waals surface area contributed by atoms with Crippen LogP contribution in [0.15, 0.2) is 0 Å². The first kappa shape index (κ1) is 42.4. The number of nitrogens with one attached hydrogen (secondary N) is 1. The molecule has 6 N–H and O–H groups in total. The first-order valence-electron chi connectivity index (χ1n) is 18.3. The van der Waals surface area contributed by atoms with Crippen molar-refractivity contribution in [3.05, 3.63) is 0 Å². The molecule has 0 aliphatic carbocycles. The molecular weight excluding hydrogens is 670 g/mol. The molecule has 0 aromatic heterocycles. The summed E-state index contributed by atoms with van der Waals surface area (Å²) < 4.78 is 43.8. The van der Waals surface area contributed by atoms with Crippen molar-refractivity contribution >= 4 is 11.8 Å². The van der Waals surface area contributed by atoms with Crippen LogP contribution in [0.1, 0.15) is 88.0 Å². The molecule has 15 heteroatoms. The molecule has 0 amide bonds. The van der Waals surface area contributed by atoms with E-state index in [1.54, 1.807) is 41.7 Å². The van der Waals surface area contributed by atoms with E-state index in [2.05, 4.69) is 5.32 Å². The molecule has 4 heterocycles. The van der Waals surface area contributed by atoms with E-state index >= 15 is 0 Å². The molecule has 51 heavy (non-hydrogen) atoms. The van der Waals surface area contributed by atoms with Gasteiger partial charge in [0.05, 0.1) is 55.1 Å². The van der Waals surface area contributed by atoms with Crippen molar-refractivity contribution in [3.63, 3.8) is 0 Å². The van der Waals surface area contributed by atoms with E-state index in [0.29, 0.717) is 6.42 Å². The van der Waals surface area contributed by atoms with Gasteiger partial charge in [-0.25, -0.2) is 0 Å². The van der Waals surface area contributed by atoms with Crippen LogP contribution in [0.3, 0.4) is 0 Å². The summed E-state index contributed by atoms with van der Waals surface area (Å²) in [7, 11) is 3.16. The number of ether oxygens (including phenoxy) is 7. The molecule has 0 radical (unpaired) electrons. The van der Waals surface area contributed by atoms with Gasteiger partial charge >= 0.3 is 5.97 Å². The number of aliphatic hydroxyl groups is 5. The van der Waals surface area contributed by atoms with Gasteiger partial charge in [0, 0.05) is 37.3 Å². The molecule has 2 bridgehead atoms. The Bertz CT molecular complexity index is 1220.